The van der Waals surface area contributed by atoms with Crippen molar-refractivity contribution in [2.75, 3.05) is 11.9 Å². The van der Waals surface area contributed by atoms with Crippen LogP contribution in [-0.4, -0.2) is 18.4 Å². The Morgan fingerprint density at radius 2 is 2.13 bits per heavy atom. The molecule has 0 saturated heterocycles. The van der Waals surface area contributed by atoms with E-state index in [2.05, 4.69) is 10.6 Å². The summed E-state index contributed by atoms with van der Waals surface area (Å²) in [5.41, 5.74) is 0.587. The number of rotatable bonds is 3. The maximum Gasteiger partial charge on any atom is 0.319 e. The summed E-state index contributed by atoms with van der Waals surface area (Å²) in [6.45, 7) is 1.42. The van der Waals surface area contributed by atoms with Gasteiger partial charge in [0, 0.05) is 10.7 Å². The Balaban J connectivity index is 2.48. The molecule has 1 rings (SSSR count). The molecule has 1 aromatic rings. The predicted octanol–water partition coefficient (Wildman–Crippen LogP) is 2.05. The minimum atomic E-state index is -0.424. The van der Waals surface area contributed by atoms with Crippen LogP contribution >= 0.6 is 11.6 Å². The average molecular weight is 227 g/mol. The van der Waals surface area contributed by atoms with Crippen LogP contribution < -0.4 is 10.6 Å². The molecule has 0 aromatic heterocycles. The van der Waals surface area contributed by atoms with Crippen molar-refractivity contribution < 1.29 is 9.59 Å². The van der Waals surface area contributed by atoms with E-state index in [1.165, 1.54) is 6.92 Å². The van der Waals surface area contributed by atoms with Gasteiger partial charge in [0.15, 0.2) is 0 Å². The first-order chi connectivity index (χ1) is 7.08. The van der Waals surface area contributed by atoms with E-state index in [4.69, 9.17) is 11.6 Å². The van der Waals surface area contributed by atoms with E-state index in [0.29, 0.717) is 10.7 Å². The van der Waals surface area contributed by atoms with Gasteiger partial charge in [0.05, 0.1) is 6.54 Å². The Labute approximate surface area is 92.6 Å². The number of carbonyl (C=O) groups is 2. The molecule has 80 valence electrons. The normalized spacial score (nSPS) is 9.47. The third-order valence-corrected chi connectivity index (χ3v) is 1.82. The molecular formula is C10H11ClN2O2. The molecule has 15 heavy (non-hydrogen) atoms. The zero-order valence-electron chi connectivity index (χ0n) is 8.21. The summed E-state index contributed by atoms with van der Waals surface area (Å²) in [6, 6.07) is 6.34. The minimum Gasteiger partial charge on any atom is -0.331 e. The first-order valence-corrected chi connectivity index (χ1v) is 4.75. The lowest BCUT2D eigenvalue weighted by Crippen LogP contribution is -2.32. The van der Waals surface area contributed by atoms with Crippen LogP contribution in [0, 0.1) is 0 Å². The van der Waals surface area contributed by atoms with Gasteiger partial charge in [-0.25, -0.2) is 4.79 Å². The number of urea groups is 1. The number of hydrogen-bond donors (Lipinski definition) is 2. The summed E-state index contributed by atoms with van der Waals surface area (Å²) in [4.78, 5) is 21.8. The number of Topliss-reactive ketones (excluding diaryl/α,β-unsaturated/α-hetero) is 1. The third-order valence-electron chi connectivity index (χ3n) is 1.58. The molecule has 0 unspecified atom stereocenters. The molecule has 0 aliphatic heterocycles. The van der Waals surface area contributed by atoms with Crippen molar-refractivity contribution in [1.82, 2.24) is 5.32 Å². The lowest BCUT2D eigenvalue weighted by Gasteiger charge is -2.05. The molecule has 0 saturated carbocycles. The van der Waals surface area contributed by atoms with E-state index in [-0.39, 0.29) is 12.3 Å². The second-order valence-electron chi connectivity index (χ2n) is 3.02. The molecule has 4 nitrogen and oxygen atoms in total. The highest BCUT2D eigenvalue weighted by molar-refractivity contribution is 6.30. The fourth-order valence-electron chi connectivity index (χ4n) is 0.946. The predicted molar refractivity (Wildman–Crippen MR) is 59.2 cm³/mol. The van der Waals surface area contributed by atoms with Crippen molar-refractivity contribution in [1.29, 1.82) is 0 Å². The van der Waals surface area contributed by atoms with Crippen molar-refractivity contribution in [3.8, 4) is 0 Å². The van der Waals surface area contributed by atoms with Crippen LogP contribution in [-0.2, 0) is 4.79 Å². The van der Waals surface area contributed by atoms with Crippen LogP contribution in [0.5, 0.6) is 0 Å². The Bertz CT molecular complexity index is 379. The summed E-state index contributed by atoms with van der Waals surface area (Å²) < 4.78 is 0. The van der Waals surface area contributed by atoms with Crippen molar-refractivity contribution in [2.24, 2.45) is 0 Å². The Morgan fingerprint density at radius 1 is 1.40 bits per heavy atom. The molecule has 2 amide bonds. The van der Waals surface area contributed by atoms with Gasteiger partial charge < -0.3 is 10.6 Å². The van der Waals surface area contributed by atoms with Gasteiger partial charge in [-0.1, -0.05) is 17.7 Å². The molecule has 0 aliphatic carbocycles. The van der Waals surface area contributed by atoms with Gasteiger partial charge in [-0.3, -0.25) is 4.79 Å². The van der Waals surface area contributed by atoms with Crippen LogP contribution in [0.2, 0.25) is 5.02 Å². The SMILES string of the molecule is CC(=O)CNC(=O)Nc1cccc(Cl)c1. The number of ketones is 1. The molecule has 0 spiro atoms. The summed E-state index contributed by atoms with van der Waals surface area (Å²) in [7, 11) is 0. The Morgan fingerprint density at radius 3 is 2.73 bits per heavy atom. The molecule has 5 heteroatoms. The minimum absolute atomic E-state index is 0.0202. The molecule has 1 aromatic carbocycles. The molecule has 0 atom stereocenters. The van der Waals surface area contributed by atoms with Gasteiger partial charge in [0.2, 0.25) is 0 Å². The van der Waals surface area contributed by atoms with Crippen molar-refractivity contribution in [3.05, 3.63) is 29.3 Å². The van der Waals surface area contributed by atoms with E-state index in [0.717, 1.165) is 0 Å². The zero-order valence-corrected chi connectivity index (χ0v) is 8.97. The summed E-state index contributed by atoms with van der Waals surface area (Å²) in [5.74, 6) is -0.101. The van der Waals surface area contributed by atoms with Crippen LogP contribution in [0.15, 0.2) is 24.3 Å². The highest BCUT2D eigenvalue weighted by atomic mass is 35.5. The maximum atomic E-state index is 11.2. The van der Waals surface area contributed by atoms with E-state index < -0.39 is 6.03 Å². The number of hydrogen-bond acceptors (Lipinski definition) is 2. The number of amides is 2. The fraction of sp³-hybridized carbons (Fsp3) is 0.200. The molecule has 2 N–H and O–H groups in total. The summed E-state index contributed by atoms with van der Waals surface area (Å²) in [5, 5.41) is 5.50. The fourth-order valence-corrected chi connectivity index (χ4v) is 1.14. The second-order valence-corrected chi connectivity index (χ2v) is 3.46. The largest absolute Gasteiger partial charge is 0.331 e. The van der Waals surface area contributed by atoms with E-state index >= 15 is 0 Å². The number of benzene rings is 1. The standard InChI is InChI=1S/C10H11ClN2O2/c1-7(14)6-12-10(15)13-9-4-2-3-8(11)5-9/h2-5H,6H2,1H3,(H2,12,13,15). The van der Waals surface area contributed by atoms with Crippen LogP contribution in [0.25, 0.3) is 0 Å². The topological polar surface area (TPSA) is 58.2 Å². The zero-order chi connectivity index (χ0) is 11.3. The van der Waals surface area contributed by atoms with E-state index in [9.17, 15) is 9.59 Å². The Hall–Kier alpha value is -1.55. The van der Waals surface area contributed by atoms with Gasteiger partial charge in [-0.05, 0) is 25.1 Å². The van der Waals surface area contributed by atoms with Gasteiger partial charge in [-0.2, -0.15) is 0 Å². The lowest BCUT2D eigenvalue weighted by atomic mass is 10.3. The molecule has 0 radical (unpaired) electrons. The quantitative estimate of drug-likeness (QED) is 0.829. The first kappa shape index (κ1) is 11.5. The average Bonchev–Trinajstić information content (AvgIpc) is 2.15. The molecule has 0 aliphatic rings. The van der Waals surface area contributed by atoms with E-state index in [1.54, 1.807) is 24.3 Å². The smallest absolute Gasteiger partial charge is 0.319 e. The molecule has 0 bridgehead atoms. The monoisotopic (exact) mass is 226 g/mol. The first-order valence-electron chi connectivity index (χ1n) is 4.38. The molecule has 0 heterocycles. The van der Waals surface area contributed by atoms with Crippen molar-refractivity contribution in [3.63, 3.8) is 0 Å². The number of anilines is 1. The molecular weight excluding hydrogens is 216 g/mol. The molecule has 0 fully saturated rings. The number of halogens is 1. The summed E-state index contributed by atoms with van der Waals surface area (Å²) in [6.07, 6.45) is 0. The third kappa shape index (κ3) is 4.46. The van der Waals surface area contributed by atoms with E-state index in [1.807, 2.05) is 0 Å². The maximum absolute atomic E-state index is 11.2. The lowest BCUT2D eigenvalue weighted by molar-refractivity contribution is -0.116. The number of carbonyl (C=O) groups excluding carboxylic acids is 2. The van der Waals surface area contributed by atoms with Gasteiger partial charge in [-0.15, -0.1) is 0 Å². The Kier molecular flexibility index (Phi) is 4.12. The van der Waals surface area contributed by atoms with Crippen LogP contribution in [0.4, 0.5) is 10.5 Å². The second kappa shape index (κ2) is 5.36. The highest BCUT2D eigenvalue weighted by Gasteiger charge is 2.02. The van der Waals surface area contributed by atoms with Crippen molar-refractivity contribution in [2.45, 2.75) is 6.92 Å². The van der Waals surface area contributed by atoms with Crippen LogP contribution in [0.1, 0.15) is 6.92 Å². The number of nitrogens with one attached hydrogen (secondary N) is 2. The van der Waals surface area contributed by atoms with Gasteiger partial charge in [0.25, 0.3) is 0 Å². The van der Waals surface area contributed by atoms with Gasteiger partial charge >= 0.3 is 6.03 Å². The van der Waals surface area contributed by atoms with Crippen LogP contribution in [0.3, 0.4) is 0 Å². The van der Waals surface area contributed by atoms with Crippen molar-refractivity contribution >= 4 is 29.1 Å². The highest BCUT2D eigenvalue weighted by Crippen LogP contribution is 2.14. The van der Waals surface area contributed by atoms with Gasteiger partial charge in [0.1, 0.15) is 5.78 Å². The summed E-state index contributed by atoms with van der Waals surface area (Å²) >= 11 is 5.73.